The maximum Gasteiger partial charge on any atom is 0.268 e. The highest BCUT2D eigenvalue weighted by Gasteiger charge is 2.45. The molecule has 2 rings (SSSR count). The van der Waals surface area contributed by atoms with Crippen LogP contribution in [-0.2, 0) is 0 Å². The first-order valence-corrected chi connectivity index (χ1v) is 34.6. The molecule has 0 saturated carbocycles. The van der Waals surface area contributed by atoms with Crippen LogP contribution in [0.1, 0.15) is 177 Å². The molecule has 0 fully saturated rings. The lowest BCUT2D eigenvalue weighted by atomic mass is 9.28. The average molecular weight is 935 g/mol. The Morgan fingerprint density at radius 2 is 0.484 bits per heavy atom. The van der Waals surface area contributed by atoms with E-state index < -0.39 is 38.4 Å². The Morgan fingerprint density at radius 1 is 0.312 bits per heavy atom. The molecule has 2 aromatic rings. The lowest BCUT2D eigenvalue weighted by molar-refractivity contribution is -0.479. The van der Waals surface area contributed by atoms with Gasteiger partial charge in [0, 0.05) is 11.1 Å². The zero-order valence-electron chi connectivity index (χ0n) is 46.7. The van der Waals surface area contributed by atoms with Gasteiger partial charge in [0.1, 0.15) is 43.7 Å². The van der Waals surface area contributed by atoms with Crippen molar-refractivity contribution in [3.8, 4) is 45.5 Å². The highest BCUT2D eigenvalue weighted by atomic mass is 28.3. The van der Waals surface area contributed by atoms with Crippen LogP contribution in [0.4, 0.5) is 11.4 Å². The fourth-order valence-corrected chi connectivity index (χ4v) is 33.9. The predicted octanol–water partition coefficient (Wildman–Crippen LogP) is 17.3. The molecule has 0 aliphatic heterocycles. The van der Waals surface area contributed by atoms with Gasteiger partial charge in [0.25, 0.3) is 6.15 Å². The summed E-state index contributed by atoms with van der Waals surface area (Å²) in [5.74, 6) is 16.4. The Hall–Kier alpha value is -2.43. The topological polar surface area (TPSA) is 16.6 Å². The number of quaternary nitrogens is 1. The summed E-state index contributed by atoms with van der Waals surface area (Å²) in [5.41, 5.74) is 28.6. The summed E-state index contributed by atoms with van der Waals surface area (Å²) < 4.78 is 0. The van der Waals surface area contributed by atoms with Crippen LogP contribution in [0, 0.1) is 59.3 Å². The van der Waals surface area contributed by atoms with E-state index >= 15 is 0 Å². The molecule has 0 aromatic heterocycles. The molecule has 0 spiro atoms. The molecule has 2 aromatic carbocycles. The van der Waals surface area contributed by atoms with Gasteiger partial charge < -0.3 is 0 Å². The molecule has 356 valence electrons. The summed E-state index contributed by atoms with van der Waals surface area (Å²) in [5, 5.41) is 2.24. The van der Waals surface area contributed by atoms with Crippen molar-refractivity contribution in [2.24, 2.45) is 0 Å². The second-order valence-electron chi connectivity index (χ2n) is 23.4. The largest absolute Gasteiger partial charge is 0.281 e. The number of hydrogen-bond donors (Lipinski definition) is 1. The molecule has 0 aliphatic rings. The first-order valence-electron chi connectivity index (χ1n) is 25.7. The van der Waals surface area contributed by atoms with Crippen LogP contribution in [0.15, 0.2) is 48.5 Å². The SMILES string of the molecule is CC(C)[Si](C#C[B-](C#C[Si](C(C)C)(C(C)C)C(C)C)(C#C[Si](C(C)C)(C(C)C)C(C)C)C#C[Si](C(C)C)(C(C)C)C(C)C)(C(C)C)C(C)C.Cc1ccccc1[NH2+]c1ccccc1C. The fraction of sp³-hybridized carbons (Fsp3) is 0.655. The van der Waals surface area contributed by atoms with Gasteiger partial charge in [-0.05, 0) is 92.5 Å². The summed E-state index contributed by atoms with van der Waals surface area (Å²) in [6, 6.07) is 16.9. The van der Waals surface area contributed by atoms with Crippen LogP contribution in [0.2, 0.25) is 66.5 Å². The van der Waals surface area contributed by atoms with E-state index in [-0.39, 0.29) is 0 Å². The Labute approximate surface area is 404 Å². The Kier molecular flexibility index (Phi) is 23.4. The van der Waals surface area contributed by atoms with Gasteiger partial charge in [-0.1, -0.05) is 203 Å². The third-order valence-corrected chi connectivity index (χ3v) is 41.4. The van der Waals surface area contributed by atoms with Gasteiger partial charge in [0.15, 0.2) is 0 Å². The first kappa shape index (κ1) is 59.6. The molecule has 6 heteroatoms. The zero-order chi connectivity index (χ0) is 49.8. The molecule has 0 heterocycles. The van der Waals surface area contributed by atoms with E-state index in [4.69, 9.17) is 0 Å². The minimum atomic E-state index is -2.07. The summed E-state index contributed by atoms with van der Waals surface area (Å²) in [6.07, 6.45) is -1.92. The van der Waals surface area contributed by atoms with Crippen molar-refractivity contribution >= 4 is 49.8 Å². The van der Waals surface area contributed by atoms with Crippen molar-refractivity contribution < 1.29 is 5.32 Å². The van der Waals surface area contributed by atoms with Crippen LogP contribution in [-0.4, -0.2) is 38.4 Å². The molecule has 64 heavy (non-hydrogen) atoms. The Morgan fingerprint density at radius 3 is 0.641 bits per heavy atom. The van der Waals surface area contributed by atoms with Crippen LogP contribution in [0.25, 0.3) is 0 Å². The Bertz CT molecular complexity index is 1680. The van der Waals surface area contributed by atoms with Crippen LogP contribution in [0.3, 0.4) is 0 Å². The van der Waals surface area contributed by atoms with Crippen molar-refractivity contribution in [3.05, 3.63) is 59.7 Å². The van der Waals surface area contributed by atoms with Crippen LogP contribution >= 0.6 is 0 Å². The molecular formula is C58H100BNSi4. The number of nitrogens with two attached hydrogens (primary N) is 1. The quantitative estimate of drug-likeness (QED) is 0.110. The van der Waals surface area contributed by atoms with Crippen LogP contribution < -0.4 is 5.32 Å². The van der Waals surface area contributed by atoms with Gasteiger partial charge in [0.2, 0.25) is 0 Å². The lowest BCUT2D eigenvalue weighted by Crippen LogP contribution is -2.71. The maximum atomic E-state index is 4.20. The molecule has 0 unspecified atom stereocenters. The molecule has 0 bridgehead atoms. The summed E-state index contributed by atoms with van der Waals surface area (Å²) in [7, 11) is -8.29. The van der Waals surface area contributed by atoms with E-state index in [9.17, 15) is 0 Å². The monoisotopic (exact) mass is 934 g/mol. The molecule has 0 saturated heterocycles. The summed E-state index contributed by atoms with van der Waals surface area (Å²) in [4.78, 5) is 0. The summed E-state index contributed by atoms with van der Waals surface area (Å²) in [6.45, 7) is 62.5. The van der Waals surface area contributed by atoms with Gasteiger partial charge in [-0.2, -0.15) is 22.2 Å². The average Bonchev–Trinajstić information content (AvgIpc) is 3.16. The third-order valence-electron chi connectivity index (χ3n) is 16.2. The highest BCUT2D eigenvalue weighted by molar-refractivity contribution is 7.10. The van der Waals surface area contributed by atoms with E-state index in [1.165, 1.54) is 22.5 Å². The third kappa shape index (κ3) is 13.4. The predicted molar refractivity (Wildman–Crippen MR) is 305 cm³/mol. The normalized spacial score (nSPS) is 12.8. The number of rotatable bonds is 14. The fourth-order valence-electron chi connectivity index (χ4n) is 12.5. The van der Waals surface area contributed by atoms with E-state index in [2.05, 4.69) is 279 Å². The van der Waals surface area contributed by atoms with E-state index in [0.717, 1.165) is 0 Å². The number of hydrogen-bond acceptors (Lipinski definition) is 0. The lowest BCUT2D eigenvalue weighted by Gasteiger charge is -2.41. The smallest absolute Gasteiger partial charge is 0.268 e. The summed E-state index contributed by atoms with van der Waals surface area (Å²) >= 11 is 0. The zero-order valence-corrected chi connectivity index (χ0v) is 50.7. The van der Waals surface area contributed by atoms with Gasteiger partial charge >= 0.3 is 0 Å². The van der Waals surface area contributed by atoms with Crippen molar-refractivity contribution in [2.75, 3.05) is 0 Å². The minimum absolute atomic E-state index is 0.545. The number of para-hydroxylation sites is 2. The van der Waals surface area contributed by atoms with E-state index in [1.807, 2.05) is 0 Å². The van der Waals surface area contributed by atoms with Crippen molar-refractivity contribution in [3.63, 3.8) is 0 Å². The minimum Gasteiger partial charge on any atom is -0.281 e. The highest BCUT2D eigenvalue weighted by Crippen LogP contribution is 2.44. The molecule has 0 aliphatic carbocycles. The van der Waals surface area contributed by atoms with Gasteiger partial charge in [-0.3, -0.25) is 28.6 Å². The molecule has 0 amide bonds. The van der Waals surface area contributed by atoms with Crippen molar-refractivity contribution in [1.82, 2.24) is 0 Å². The number of aryl methyl sites for hydroxylation is 2. The molecular weight excluding hydrogens is 834 g/mol. The van der Waals surface area contributed by atoms with Crippen LogP contribution in [0.5, 0.6) is 0 Å². The van der Waals surface area contributed by atoms with Gasteiger partial charge in [-0.25, -0.2) is 0 Å². The molecule has 2 N–H and O–H groups in total. The first-order chi connectivity index (χ1) is 29.4. The Balaban J connectivity index is 0.00000113. The molecule has 1 nitrogen and oxygen atoms in total. The van der Waals surface area contributed by atoms with Crippen molar-refractivity contribution in [2.45, 2.75) is 247 Å². The molecule has 0 radical (unpaired) electrons. The second-order valence-corrected chi connectivity index (χ2v) is 45.7. The van der Waals surface area contributed by atoms with Crippen molar-refractivity contribution in [1.29, 1.82) is 0 Å². The standard InChI is InChI=1S/C44H84BSi4.C14H15N/c1-33(2)46(34(3)4,35(5)6)29-25-45(26-30-47(36(7)8,37(9)10)38(11)12,27-31-48(39(13)14,40(15)16)41(17)18)28-32-49(42(19)20,43(21)22)44(23)24;1-11-7-3-5-9-13(11)15-14-10-6-4-8-12(14)2/h33-44H,1-24H3;3-10,15H,1-2H3/q-1;/p+1. The van der Waals surface area contributed by atoms with Gasteiger partial charge in [0.05, 0.1) is 0 Å². The maximum absolute atomic E-state index is 4.20. The van der Waals surface area contributed by atoms with Gasteiger partial charge in [-0.15, -0.1) is 0 Å². The van der Waals surface area contributed by atoms with E-state index in [1.54, 1.807) is 0 Å². The van der Waals surface area contributed by atoms with E-state index in [0.29, 0.717) is 66.5 Å². The molecule has 0 atom stereocenters. The number of benzene rings is 2. The second kappa shape index (κ2) is 25.1.